The summed E-state index contributed by atoms with van der Waals surface area (Å²) >= 11 is 0. The first-order valence-electron chi connectivity index (χ1n) is 7.90. The summed E-state index contributed by atoms with van der Waals surface area (Å²) in [6.07, 6.45) is 1.19. The van der Waals surface area contributed by atoms with Crippen LogP contribution in [0.25, 0.3) is 11.0 Å². The van der Waals surface area contributed by atoms with Crippen molar-refractivity contribution in [2.45, 2.75) is 25.6 Å². The Labute approximate surface area is 140 Å². The SMILES string of the molecule is CN(C[C@@H]1CCc2nc(C(F)(F)F)cn2C1)c1ncnc2[nH]ncc12. The molecule has 1 aliphatic rings. The van der Waals surface area contributed by atoms with Crippen LogP contribution < -0.4 is 4.90 Å². The van der Waals surface area contributed by atoms with Crippen LogP contribution in [0.2, 0.25) is 0 Å². The highest BCUT2D eigenvalue weighted by Crippen LogP contribution is 2.31. The van der Waals surface area contributed by atoms with Gasteiger partial charge in [0, 0.05) is 32.8 Å². The number of H-pyrrole nitrogens is 1. The lowest BCUT2D eigenvalue weighted by atomic mass is 9.99. The number of rotatable bonds is 3. The van der Waals surface area contributed by atoms with Crippen LogP contribution in [-0.2, 0) is 19.1 Å². The van der Waals surface area contributed by atoms with Crippen molar-refractivity contribution in [3.05, 3.63) is 30.2 Å². The number of hydrogen-bond donors (Lipinski definition) is 1. The smallest absolute Gasteiger partial charge is 0.359 e. The fourth-order valence-electron chi connectivity index (χ4n) is 3.33. The van der Waals surface area contributed by atoms with E-state index in [0.717, 1.165) is 23.8 Å². The van der Waals surface area contributed by atoms with Gasteiger partial charge in [-0.15, -0.1) is 0 Å². The normalized spacial score (nSPS) is 17.7. The molecule has 0 radical (unpaired) electrons. The van der Waals surface area contributed by atoms with E-state index < -0.39 is 11.9 Å². The van der Waals surface area contributed by atoms with Crippen molar-refractivity contribution in [3.8, 4) is 0 Å². The third-order valence-corrected chi connectivity index (χ3v) is 4.50. The van der Waals surface area contributed by atoms with Crippen LogP contribution in [0.3, 0.4) is 0 Å². The summed E-state index contributed by atoms with van der Waals surface area (Å²) in [5.74, 6) is 1.47. The number of alkyl halides is 3. The van der Waals surface area contributed by atoms with Crippen LogP contribution in [0, 0.1) is 5.92 Å². The lowest BCUT2D eigenvalue weighted by Crippen LogP contribution is -2.32. The Bertz CT molecular complexity index is 898. The Morgan fingerprint density at radius 2 is 2.20 bits per heavy atom. The van der Waals surface area contributed by atoms with Crippen molar-refractivity contribution in [1.82, 2.24) is 29.7 Å². The number of fused-ring (bicyclic) bond motifs is 2. The van der Waals surface area contributed by atoms with E-state index in [9.17, 15) is 13.2 Å². The summed E-state index contributed by atoms with van der Waals surface area (Å²) < 4.78 is 40.1. The second kappa shape index (κ2) is 5.71. The van der Waals surface area contributed by atoms with Gasteiger partial charge in [-0.1, -0.05) is 0 Å². The first kappa shape index (κ1) is 15.9. The quantitative estimate of drug-likeness (QED) is 0.783. The maximum absolute atomic E-state index is 12.8. The number of nitrogens with zero attached hydrogens (tertiary/aromatic N) is 6. The number of aryl methyl sites for hydroxylation is 1. The molecule has 7 nitrogen and oxygen atoms in total. The standard InChI is InChI=1S/C15H16F3N7/c1-24(14-10-4-21-23-13(10)19-8-20-14)5-9-2-3-12-22-11(15(16,17)18)7-25(12)6-9/h4,7-9H,2-3,5-6H2,1H3,(H,19,20,21,23)/t9-/m0/s1. The Morgan fingerprint density at radius 1 is 1.36 bits per heavy atom. The highest BCUT2D eigenvalue weighted by Gasteiger charge is 2.35. The predicted molar refractivity (Wildman–Crippen MR) is 84.0 cm³/mol. The molecule has 1 aliphatic heterocycles. The number of imidazole rings is 1. The van der Waals surface area contributed by atoms with Crippen molar-refractivity contribution in [3.63, 3.8) is 0 Å². The molecular formula is C15H16F3N7. The van der Waals surface area contributed by atoms with Gasteiger partial charge in [-0.05, 0) is 12.3 Å². The average Bonchev–Trinajstić information content (AvgIpc) is 3.20. The first-order chi connectivity index (χ1) is 11.9. The molecule has 0 bridgehead atoms. The number of anilines is 1. The van der Waals surface area contributed by atoms with Gasteiger partial charge in [0.25, 0.3) is 0 Å². The van der Waals surface area contributed by atoms with Crippen LogP contribution in [-0.4, -0.2) is 43.3 Å². The maximum atomic E-state index is 12.8. The van der Waals surface area contributed by atoms with Crippen LogP contribution in [0.15, 0.2) is 18.7 Å². The summed E-state index contributed by atoms with van der Waals surface area (Å²) in [6, 6.07) is 0. The molecule has 4 heterocycles. The van der Waals surface area contributed by atoms with Gasteiger partial charge >= 0.3 is 6.18 Å². The minimum Gasteiger partial charge on any atom is -0.359 e. The number of aromatic nitrogens is 6. The van der Waals surface area contributed by atoms with Crippen LogP contribution in [0.4, 0.5) is 19.0 Å². The van der Waals surface area contributed by atoms with Crippen LogP contribution >= 0.6 is 0 Å². The molecule has 1 N–H and O–H groups in total. The van der Waals surface area contributed by atoms with Crippen molar-refractivity contribution >= 4 is 16.9 Å². The molecule has 4 rings (SSSR count). The third kappa shape index (κ3) is 2.92. The molecule has 0 unspecified atom stereocenters. The van der Waals surface area contributed by atoms with Crippen molar-refractivity contribution in [1.29, 1.82) is 0 Å². The molecule has 0 amide bonds. The summed E-state index contributed by atoms with van der Waals surface area (Å²) in [4.78, 5) is 14.1. The minimum absolute atomic E-state index is 0.213. The van der Waals surface area contributed by atoms with Crippen LogP contribution in [0.5, 0.6) is 0 Å². The molecule has 0 saturated heterocycles. The van der Waals surface area contributed by atoms with Gasteiger partial charge in [0.15, 0.2) is 11.3 Å². The molecule has 10 heteroatoms. The number of nitrogens with one attached hydrogen (secondary N) is 1. The van der Waals surface area contributed by atoms with E-state index in [-0.39, 0.29) is 5.92 Å². The van der Waals surface area contributed by atoms with Gasteiger partial charge in [0.1, 0.15) is 18.0 Å². The predicted octanol–water partition coefficient (Wildman–Crippen LogP) is 2.27. The largest absolute Gasteiger partial charge is 0.434 e. The Hall–Kier alpha value is -2.65. The molecule has 0 fully saturated rings. The number of hydrogen-bond acceptors (Lipinski definition) is 5. The average molecular weight is 351 g/mol. The van der Waals surface area contributed by atoms with Crippen molar-refractivity contribution < 1.29 is 13.2 Å². The summed E-state index contributed by atoms with van der Waals surface area (Å²) in [7, 11) is 1.92. The summed E-state index contributed by atoms with van der Waals surface area (Å²) in [5.41, 5.74) is -0.153. The number of halogens is 3. The lowest BCUT2D eigenvalue weighted by molar-refractivity contribution is -0.141. The highest BCUT2D eigenvalue weighted by atomic mass is 19.4. The fourth-order valence-corrected chi connectivity index (χ4v) is 3.33. The summed E-state index contributed by atoms with van der Waals surface area (Å²) in [5, 5.41) is 7.60. The summed E-state index contributed by atoms with van der Waals surface area (Å²) in [6.45, 7) is 1.19. The zero-order chi connectivity index (χ0) is 17.6. The van der Waals surface area contributed by atoms with E-state index in [2.05, 4.69) is 25.1 Å². The van der Waals surface area contributed by atoms with E-state index in [1.54, 1.807) is 10.8 Å². The topological polar surface area (TPSA) is 75.5 Å². The van der Waals surface area contributed by atoms with Crippen molar-refractivity contribution in [2.24, 2.45) is 5.92 Å². The lowest BCUT2D eigenvalue weighted by Gasteiger charge is -2.28. The monoisotopic (exact) mass is 351 g/mol. The third-order valence-electron chi connectivity index (χ3n) is 4.50. The highest BCUT2D eigenvalue weighted by molar-refractivity contribution is 5.85. The Morgan fingerprint density at radius 3 is 3.00 bits per heavy atom. The van der Waals surface area contributed by atoms with Crippen molar-refractivity contribution in [2.75, 3.05) is 18.5 Å². The number of aromatic amines is 1. The zero-order valence-electron chi connectivity index (χ0n) is 13.5. The van der Waals surface area contributed by atoms with E-state index in [4.69, 9.17) is 0 Å². The molecule has 25 heavy (non-hydrogen) atoms. The molecule has 0 aromatic carbocycles. The molecule has 132 valence electrons. The molecule has 0 aliphatic carbocycles. The maximum Gasteiger partial charge on any atom is 0.434 e. The van der Waals surface area contributed by atoms with E-state index in [0.29, 0.717) is 31.0 Å². The zero-order valence-corrected chi connectivity index (χ0v) is 13.5. The van der Waals surface area contributed by atoms with E-state index in [1.165, 1.54) is 6.33 Å². The van der Waals surface area contributed by atoms with Gasteiger partial charge in [0.2, 0.25) is 0 Å². The Balaban J connectivity index is 1.51. The molecule has 0 saturated carbocycles. The van der Waals surface area contributed by atoms with Gasteiger partial charge in [-0.2, -0.15) is 18.3 Å². The first-order valence-corrected chi connectivity index (χ1v) is 7.90. The second-order valence-electron chi connectivity index (χ2n) is 6.31. The van der Waals surface area contributed by atoms with Gasteiger partial charge in [-0.25, -0.2) is 15.0 Å². The second-order valence-corrected chi connectivity index (χ2v) is 6.31. The van der Waals surface area contributed by atoms with Gasteiger partial charge < -0.3 is 9.47 Å². The molecular weight excluding hydrogens is 335 g/mol. The van der Waals surface area contributed by atoms with E-state index >= 15 is 0 Å². The van der Waals surface area contributed by atoms with Gasteiger partial charge in [-0.3, -0.25) is 5.10 Å². The van der Waals surface area contributed by atoms with Gasteiger partial charge in [0.05, 0.1) is 11.6 Å². The molecule has 0 spiro atoms. The molecule has 3 aromatic rings. The van der Waals surface area contributed by atoms with E-state index in [1.807, 2.05) is 11.9 Å². The molecule has 3 aromatic heterocycles. The van der Waals surface area contributed by atoms with Crippen LogP contribution in [0.1, 0.15) is 17.9 Å². The molecule has 1 atom stereocenters. The Kier molecular flexibility index (Phi) is 3.62. The fraction of sp³-hybridized carbons (Fsp3) is 0.467. The minimum atomic E-state index is -4.40.